The molecule has 0 fully saturated rings. The van der Waals surface area contributed by atoms with Gasteiger partial charge in [0.05, 0.1) is 26.4 Å². The second kappa shape index (κ2) is 59.7. The van der Waals surface area contributed by atoms with E-state index in [0.717, 1.165) is 102 Å². The van der Waals surface area contributed by atoms with Gasteiger partial charge in [-0.15, -0.1) is 0 Å². The number of hydrogen-bond donors (Lipinski definition) is 3. The SMILES string of the molecule is CCCCCCCCCCCCCCCCCCCC(=O)OC[C@H](COP(=O)(O)OC[C@@H](O)COP(=O)(O)OC[C@@H](COC(=O)CCCCCCC)OC(=O)CCCCCCC)OC(=O)CCCCCCCCCCCCCCCCC(C)CC. The van der Waals surface area contributed by atoms with Crippen LogP contribution >= 0.6 is 15.6 Å². The van der Waals surface area contributed by atoms with Gasteiger partial charge < -0.3 is 33.8 Å². The Morgan fingerprint density at radius 2 is 0.565 bits per heavy atom. The van der Waals surface area contributed by atoms with Gasteiger partial charge in [0.25, 0.3) is 0 Å². The van der Waals surface area contributed by atoms with Gasteiger partial charge in [0.15, 0.2) is 12.2 Å². The van der Waals surface area contributed by atoms with Crippen molar-refractivity contribution in [1.29, 1.82) is 0 Å². The average molecular weight is 1260 g/mol. The van der Waals surface area contributed by atoms with Crippen molar-refractivity contribution in [1.82, 2.24) is 0 Å². The number of hydrogen-bond acceptors (Lipinski definition) is 15. The molecule has 0 aliphatic carbocycles. The maximum absolute atomic E-state index is 13.0. The Labute approximate surface area is 517 Å². The van der Waals surface area contributed by atoms with Crippen LogP contribution in [0.15, 0.2) is 0 Å². The van der Waals surface area contributed by atoms with Crippen molar-refractivity contribution in [3.05, 3.63) is 0 Å². The second-order valence-electron chi connectivity index (χ2n) is 24.1. The van der Waals surface area contributed by atoms with Crippen LogP contribution in [0.3, 0.4) is 0 Å². The smallest absolute Gasteiger partial charge is 0.462 e. The summed E-state index contributed by atoms with van der Waals surface area (Å²) in [6, 6.07) is 0. The summed E-state index contributed by atoms with van der Waals surface area (Å²) in [4.78, 5) is 71.8. The third-order valence-electron chi connectivity index (χ3n) is 15.6. The molecule has 0 saturated carbocycles. The van der Waals surface area contributed by atoms with Crippen LogP contribution in [0.1, 0.15) is 336 Å². The fourth-order valence-electron chi connectivity index (χ4n) is 9.90. The molecule has 0 aromatic heterocycles. The van der Waals surface area contributed by atoms with E-state index in [-0.39, 0.29) is 25.7 Å². The van der Waals surface area contributed by atoms with Gasteiger partial charge in [0.1, 0.15) is 19.3 Å². The normalized spacial score (nSPS) is 14.5. The van der Waals surface area contributed by atoms with Crippen LogP contribution < -0.4 is 0 Å². The Balaban J connectivity index is 5.08. The topological polar surface area (TPSA) is 237 Å². The van der Waals surface area contributed by atoms with Gasteiger partial charge in [-0.3, -0.25) is 37.3 Å². The average Bonchev–Trinajstić information content (AvgIpc) is 3.50. The van der Waals surface area contributed by atoms with Crippen LogP contribution in [0.5, 0.6) is 0 Å². The molecule has 504 valence electrons. The number of aliphatic hydroxyl groups excluding tert-OH is 1. The first-order chi connectivity index (χ1) is 41.1. The van der Waals surface area contributed by atoms with Gasteiger partial charge >= 0.3 is 39.5 Å². The predicted molar refractivity (Wildman–Crippen MR) is 340 cm³/mol. The number of phosphoric ester groups is 2. The second-order valence-corrected chi connectivity index (χ2v) is 27.0. The molecular formula is C66H128O17P2. The summed E-state index contributed by atoms with van der Waals surface area (Å²) in [6.45, 7) is 7.08. The minimum Gasteiger partial charge on any atom is -0.462 e. The van der Waals surface area contributed by atoms with Crippen LogP contribution in [0, 0.1) is 5.92 Å². The number of unbranched alkanes of at least 4 members (excludes halogenated alkanes) is 37. The third-order valence-corrected chi connectivity index (χ3v) is 17.5. The molecule has 3 N–H and O–H groups in total. The molecule has 0 saturated heterocycles. The highest BCUT2D eigenvalue weighted by Crippen LogP contribution is 2.45. The third kappa shape index (κ3) is 59.5. The van der Waals surface area contributed by atoms with Crippen LogP contribution in [0.4, 0.5) is 0 Å². The Kier molecular flexibility index (Phi) is 58.3. The molecule has 0 bridgehead atoms. The van der Waals surface area contributed by atoms with Gasteiger partial charge in [-0.05, 0) is 31.6 Å². The Morgan fingerprint density at radius 3 is 0.835 bits per heavy atom. The number of ether oxygens (including phenoxy) is 4. The van der Waals surface area contributed by atoms with E-state index in [1.54, 1.807) is 0 Å². The zero-order chi connectivity index (χ0) is 62.8. The van der Waals surface area contributed by atoms with Gasteiger partial charge in [-0.1, -0.05) is 285 Å². The molecule has 0 aliphatic rings. The Hall–Kier alpha value is -1.94. The first-order valence-electron chi connectivity index (χ1n) is 34.7. The summed E-state index contributed by atoms with van der Waals surface area (Å²) in [6.07, 6.45) is 45.3. The molecule has 0 aromatic rings. The van der Waals surface area contributed by atoms with Gasteiger partial charge in [-0.2, -0.15) is 0 Å². The van der Waals surface area contributed by atoms with E-state index in [1.165, 1.54) is 154 Å². The maximum Gasteiger partial charge on any atom is 0.472 e. The molecular weight excluding hydrogens is 1130 g/mol. The van der Waals surface area contributed by atoms with Crippen molar-refractivity contribution < 1.29 is 80.2 Å². The lowest BCUT2D eigenvalue weighted by atomic mass is 9.99. The van der Waals surface area contributed by atoms with Gasteiger partial charge in [0.2, 0.25) is 0 Å². The minimum absolute atomic E-state index is 0.0990. The zero-order valence-electron chi connectivity index (χ0n) is 54.7. The number of phosphoric acid groups is 2. The largest absolute Gasteiger partial charge is 0.472 e. The van der Waals surface area contributed by atoms with Crippen molar-refractivity contribution in [2.24, 2.45) is 5.92 Å². The molecule has 0 aromatic carbocycles. The number of carbonyl (C=O) groups is 4. The van der Waals surface area contributed by atoms with Crippen LogP contribution in [-0.2, 0) is 65.4 Å². The summed E-state index contributed by atoms with van der Waals surface area (Å²) < 4.78 is 67.6. The molecule has 6 atom stereocenters. The lowest BCUT2D eigenvalue weighted by Gasteiger charge is -2.21. The maximum atomic E-state index is 13.0. The first-order valence-corrected chi connectivity index (χ1v) is 37.7. The highest BCUT2D eigenvalue weighted by Gasteiger charge is 2.30. The predicted octanol–water partition coefficient (Wildman–Crippen LogP) is 18.6. The van der Waals surface area contributed by atoms with Crippen LogP contribution in [0.2, 0.25) is 0 Å². The van der Waals surface area contributed by atoms with E-state index in [0.29, 0.717) is 25.7 Å². The van der Waals surface area contributed by atoms with Crippen molar-refractivity contribution in [3.8, 4) is 0 Å². The lowest BCUT2D eigenvalue weighted by molar-refractivity contribution is -0.161. The molecule has 85 heavy (non-hydrogen) atoms. The lowest BCUT2D eigenvalue weighted by Crippen LogP contribution is -2.30. The van der Waals surface area contributed by atoms with E-state index in [9.17, 15) is 43.2 Å². The molecule has 0 heterocycles. The number of carbonyl (C=O) groups excluding carboxylic acids is 4. The van der Waals surface area contributed by atoms with Crippen LogP contribution in [-0.4, -0.2) is 96.7 Å². The van der Waals surface area contributed by atoms with E-state index >= 15 is 0 Å². The molecule has 0 aliphatic heterocycles. The first kappa shape index (κ1) is 83.1. The van der Waals surface area contributed by atoms with Crippen molar-refractivity contribution in [2.75, 3.05) is 39.6 Å². The highest BCUT2D eigenvalue weighted by molar-refractivity contribution is 7.47. The standard InChI is InChI=1S/C66H128O17P2/c1-6-10-13-16-17-18-19-20-21-22-23-27-30-33-36-41-45-50-64(69)77-56-62(83-66(71)52-47-42-37-34-31-28-25-24-26-29-32-35-40-43-48-59(5)9-4)58-81-85(74,75)79-54-60(67)53-78-84(72,73)80-57-61(82-65(70)51-46-39-15-12-8-3)55-76-63(68)49-44-38-14-11-7-2/h59-62,67H,6-58H2,1-5H3,(H,72,73)(H,74,75)/t59?,60-,61+,62+/m0/s1. The molecule has 0 rings (SSSR count). The van der Waals surface area contributed by atoms with Crippen molar-refractivity contribution >= 4 is 39.5 Å². The summed E-state index contributed by atoms with van der Waals surface area (Å²) in [7, 11) is -9.87. The number of rotatable bonds is 66. The van der Waals surface area contributed by atoms with E-state index in [1.807, 2.05) is 0 Å². The molecule has 0 amide bonds. The van der Waals surface area contributed by atoms with E-state index < -0.39 is 97.5 Å². The Bertz CT molecular complexity index is 1650. The number of aliphatic hydroxyl groups is 1. The monoisotopic (exact) mass is 1250 g/mol. The minimum atomic E-state index is -4.94. The fraction of sp³-hybridized carbons (Fsp3) is 0.939. The molecule has 3 unspecified atom stereocenters. The fourth-order valence-corrected chi connectivity index (χ4v) is 11.5. The summed E-state index contributed by atoms with van der Waals surface area (Å²) in [5.74, 6) is -1.31. The van der Waals surface area contributed by atoms with E-state index in [2.05, 4.69) is 34.6 Å². The van der Waals surface area contributed by atoms with Gasteiger partial charge in [0, 0.05) is 25.7 Å². The molecule has 0 radical (unpaired) electrons. The van der Waals surface area contributed by atoms with Crippen LogP contribution in [0.25, 0.3) is 0 Å². The van der Waals surface area contributed by atoms with Gasteiger partial charge in [-0.25, -0.2) is 9.13 Å². The molecule has 0 spiro atoms. The highest BCUT2D eigenvalue weighted by atomic mass is 31.2. The van der Waals surface area contributed by atoms with Crippen molar-refractivity contribution in [2.45, 2.75) is 355 Å². The van der Waals surface area contributed by atoms with Crippen molar-refractivity contribution in [3.63, 3.8) is 0 Å². The molecule has 17 nitrogen and oxygen atoms in total. The summed E-state index contributed by atoms with van der Waals surface area (Å²) >= 11 is 0. The summed E-state index contributed by atoms with van der Waals surface area (Å²) in [5.41, 5.74) is 0. The van der Waals surface area contributed by atoms with E-state index in [4.69, 9.17) is 37.0 Å². The quantitative estimate of drug-likeness (QED) is 0.0222. The molecule has 19 heteroatoms. The summed E-state index contributed by atoms with van der Waals surface area (Å²) in [5, 5.41) is 10.5. The zero-order valence-corrected chi connectivity index (χ0v) is 56.5. The number of esters is 4. The Morgan fingerprint density at radius 1 is 0.329 bits per heavy atom.